The third-order valence-corrected chi connectivity index (χ3v) is 4.51. The second-order valence-corrected chi connectivity index (χ2v) is 12.7. The summed E-state index contributed by atoms with van der Waals surface area (Å²) in [5, 5.41) is 12.0. The minimum absolute atomic E-state index is 0. The lowest BCUT2D eigenvalue weighted by Crippen LogP contribution is -2.48. The lowest BCUT2D eigenvalue weighted by Gasteiger charge is -2.28. The molecule has 0 aliphatic carbocycles. The van der Waals surface area contributed by atoms with Crippen LogP contribution in [-0.4, -0.2) is 250 Å². The van der Waals surface area contributed by atoms with Gasteiger partial charge in [0, 0.05) is 6.67 Å². The van der Waals surface area contributed by atoms with E-state index in [2.05, 4.69) is 169 Å². The van der Waals surface area contributed by atoms with Gasteiger partial charge in [0.2, 0.25) is 0 Å². The molecule has 0 aromatic carbocycles. The van der Waals surface area contributed by atoms with Crippen LogP contribution in [0.15, 0.2) is 0 Å². The zero-order chi connectivity index (χ0) is 35.1. The van der Waals surface area contributed by atoms with Crippen LogP contribution in [0.2, 0.25) is 0 Å². The molecule has 0 fully saturated rings. The van der Waals surface area contributed by atoms with Gasteiger partial charge in [0.05, 0.1) is 40.0 Å². The molecule has 0 amide bonds. The highest BCUT2D eigenvalue weighted by Gasteiger charge is 2.05. The Labute approximate surface area is 300 Å². The summed E-state index contributed by atoms with van der Waals surface area (Å²) < 4.78 is 0. The van der Waals surface area contributed by atoms with Crippen LogP contribution in [0.3, 0.4) is 0 Å². The molecule has 0 aromatic rings. The van der Waals surface area contributed by atoms with Crippen LogP contribution in [0.1, 0.15) is 29.7 Å². The van der Waals surface area contributed by atoms with Crippen LogP contribution in [-0.2, 0) is 0 Å². The molecule has 0 spiro atoms. The average molecular weight is 691 g/mol. The minimum atomic E-state index is 0. The molecule has 0 aromatic heterocycles. The predicted molar refractivity (Wildman–Crippen MR) is 220 cm³/mol. The van der Waals surface area contributed by atoms with Crippen molar-refractivity contribution in [2.24, 2.45) is 0 Å². The van der Waals surface area contributed by atoms with Crippen LogP contribution >= 0.6 is 0 Å². The molecule has 47 heavy (non-hydrogen) atoms. The van der Waals surface area contributed by atoms with Crippen molar-refractivity contribution in [3.63, 3.8) is 0 Å². The molecule has 4 N–H and O–H groups in total. The highest BCUT2D eigenvalue weighted by atomic mass is 15.4. The normalized spacial score (nSPS) is 10.5. The fraction of sp³-hybridized carbons (Fsp3) is 1.00. The van der Waals surface area contributed by atoms with E-state index in [1.54, 1.807) is 0 Å². The Balaban J connectivity index is -0.0000000566. The number of rotatable bonds is 17. The summed E-state index contributed by atoms with van der Waals surface area (Å²) in [5.74, 6) is 0. The van der Waals surface area contributed by atoms with Gasteiger partial charge in [0.15, 0.2) is 0 Å². The highest BCUT2D eigenvalue weighted by Crippen LogP contribution is 1.90. The highest BCUT2D eigenvalue weighted by molar-refractivity contribution is 4.53. The van der Waals surface area contributed by atoms with Crippen molar-refractivity contribution in [2.75, 3.05) is 195 Å². The monoisotopic (exact) mass is 691 g/mol. The van der Waals surface area contributed by atoms with Crippen molar-refractivity contribution in [1.82, 2.24) is 70.3 Å². The van der Waals surface area contributed by atoms with Gasteiger partial charge in [-0.1, -0.05) is 29.7 Å². The molecule has 14 nitrogen and oxygen atoms in total. The van der Waals surface area contributed by atoms with Crippen LogP contribution in [0.4, 0.5) is 0 Å². The van der Waals surface area contributed by atoms with Crippen LogP contribution in [0.25, 0.3) is 0 Å². The van der Waals surface area contributed by atoms with E-state index in [-0.39, 0.29) is 36.0 Å². The van der Waals surface area contributed by atoms with E-state index >= 15 is 0 Å². The fourth-order valence-corrected chi connectivity index (χ4v) is 3.86. The first-order valence-corrected chi connectivity index (χ1v) is 15.0. The largest absolute Gasteiger partial charge is 0.323 e. The van der Waals surface area contributed by atoms with Gasteiger partial charge >= 0.3 is 0 Å². The standard InChI is InChI=1S/C9H24N4.C8H22N4.C5H15N3.C5H14N2.C2H7N.4CH4/c1-10(2)7-12(5)9-13(6)8-11(3)4;1-9-6-12(7-10(2)3)8-11(4)5;1-6-5(7-2)8(3)4;1-6(2)5-7(3)4;1-3-2;;;;/h7-9H2,1-6H3;9H,6-8H2,1-5H3;5-7H,1-4H3;5H2,1-4H3;3H,1-2H3;4*1H4. The van der Waals surface area contributed by atoms with Crippen molar-refractivity contribution in [2.45, 2.75) is 36.0 Å². The number of hydrogen-bond acceptors (Lipinski definition) is 14. The zero-order valence-electron chi connectivity index (χ0n) is 33.0. The quantitative estimate of drug-likeness (QED) is 0.164. The molecule has 0 saturated carbocycles. The molecular weight excluding hydrogens is 592 g/mol. The molecule has 0 saturated heterocycles. The van der Waals surface area contributed by atoms with E-state index in [4.69, 9.17) is 0 Å². The number of nitrogens with one attached hydrogen (secondary N) is 4. The molecule has 0 heterocycles. The first-order chi connectivity index (χ1) is 19.7. The smallest absolute Gasteiger partial charge is 0.113 e. The molecule has 0 radical (unpaired) electrons. The van der Waals surface area contributed by atoms with Gasteiger partial charge in [-0.05, 0) is 148 Å². The maximum absolute atomic E-state index is 3.15. The van der Waals surface area contributed by atoms with Crippen molar-refractivity contribution >= 4 is 0 Å². The molecule has 0 aliphatic heterocycles. The Morgan fingerprint density at radius 1 is 0.383 bits per heavy atom. The second-order valence-electron chi connectivity index (χ2n) is 12.7. The van der Waals surface area contributed by atoms with Crippen LogP contribution in [0.5, 0.6) is 0 Å². The summed E-state index contributed by atoms with van der Waals surface area (Å²) in [6, 6.07) is 0. The van der Waals surface area contributed by atoms with Gasteiger partial charge in [0.1, 0.15) is 6.29 Å². The Hall–Kier alpha value is -0.560. The van der Waals surface area contributed by atoms with E-state index < -0.39 is 0 Å². The Morgan fingerprint density at radius 3 is 0.766 bits per heavy atom. The van der Waals surface area contributed by atoms with Crippen LogP contribution < -0.4 is 21.3 Å². The van der Waals surface area contributed by atoms with Gasteiger partial charge < -0.3 is 10.6 Å². The lowest BCUT2D eigenvalue weighted by atomic mass is 10.6. The van der Waals surface area contributed by atoms with Crippen LogP contribution in [0, 0.1) is 0 Å². The summed E-state index contributed by atoms with van der Waals surface area (Å²) in [4.78, 5) is 21.9. The van der Waals surface area contributed by atoms with Crippen molar-refractivity contribution in [1.29, 1.82) is 0 Å². The van der Waals surface area contributed by atoms with Gasteiger partial charge in [-0.15, -0.1) is 0 Å². The molecule has 300 valence electrons. The van der Waals surface area contributed by atoms with E-state index in [1.807, 2.05) is 49.3 Å². The summed E-state index contributed by atoms with van der Waals surface area (Å²) >= 11 is 0. The minimum Gasteiger partial charge on any atom is -0.323 e. The summed E-state index contributed by atoms with van der Waals surface area (Å²) in [5.41, 5.74) is 0. The second kappa shape index (κ2) is 47.6. The average Bonchev–Trinajstić information content (AvgIpc) is 2.78. The van der Waals surface area contributed by atoms with Crippen molar-refractivity contribution in [3.05, 3.63) is 0 Å². The molecular formula is C33H98N14. The molecule has 0 rings (SSSR count). The van der Waals surface area contributed by atoms with Crippen molar-refractivity contribution < 1.29 is 0 Å². The summed E-state index contributed by atoms with van der Waals surface area (Å²) in [6.07, 6.45) is 0.287. The van der Waals surface area contributed by atoms with Crippen molar-refractivity contribution in [3.8, 4) is 0 Å². The number of hydrogen-bond donors (Lipinski definition) is 4. The Bertz CT molecular complexity index is 474. The molecule has 0 aliphatic rings. The molecule has 0 atom stereocenters. The van der Waals surface area contributed by atoms with E-state index in [1.165, 1.54) is 0 Å². The first-order valence-electron chi connectivity index (χ1n) is 15.0. The maximum Gasteiger partial charge on any atom is 0.113 e. The Kier molecular flexibility index (Phi) is 69.2. The zero-order valence-corrected chi connectivity index (χ0v) is 33.0. The van der Waals surface area contributed by atoms with Gasteiger partial charge in [0.25, 0.3) is 0 Å². The first kappa shape index (κ1) is 68.4. The van der Waals surface area contributed by atoms with E-state index in [0.717, 1.165) is 46.7 Å². The van der Waals surface area contributed by atoms with Gasteiger partial charge in [-0.3, -0.25) is 59.6 Å². The van der Waals surface area contributed by atoms with Gasteiger partial charge in [-0.2, -0.15) is 0 Å². The fourth-order valence-electron chi connectivity index (χ4n) is 3.86. The van der Waals surface area contributed by atoms with E-state index in [9.17, 15) is 0 Å². The maximum atomic E-state index is 3.15. The third kappa shape index (κ3) is 72.3. The SMILES string of the molecule is C.C.C.C.CN(C)CN(C)C.CN(C)CN(C)CN(C)CN(C)C.CNC.CNC(NC)N(C)C.CNCN(CN(C)C)CN(C)C. The lowest BCUT2D eigenvalue weighted by molar-refractivity contribution is 0.100. The predicted octanol–water partition coefficient (Wildman–Crippen LogP) is 1.07. The molecule has 14 heteroatoms. The van der Waals surface area contributed by atoms with E-state index in [0.29, 0.717) is 0 Å². The summed E-state index contributed by atoms with van der Waals surface area (Å²) in [7, 11) is 42.7. The number of nitrogens with zero attached hydrogens (tertiary/aromatic N) is 10. The Morgan fingerprint density at radius 2 is 0.638 bits per heavy atom. The topological polar surface area (TPSA) is 80.5 Å². The molecule has 0 bridgehead atoms. The molecule has 0 unspecified atom stereocenters. The summed E-state index contributed by atoms with van der Waals surface area (Å²) in [6.45, 7) is 6.92. The third-order valence-electron chi connectivity index (χ3n) is 4.51. The van der Waals surface area contributed by atoms with Gasteiger partial charge in [-0.25, -0.2) is 0 Å².